The van der Waals surface area contributed by atoms with Crippen LogP contribution in [0, 0.1) is 0 Å². The molecule has 0 radical (unpaired) electrons. The zero-order chi connectivity index (χ0) is 0. The second-order valence-corrected chi connectivity index (χ2v) is 0. The van der Waals surface area contributed by atoms with Gasteiger partial charge >= 0.3 is 99.8 Å². The Hall–Kier alpha value is 3.11. The Kier molecular flexibility index (Phi) is 437. The van der Waals surface area contributed by atoms with E-state index in [2.05, 4.69) is 0 Å². The van der Waals surface area contributed by atoms with E-state index in [4.69, 9.17) is 0 Å². The molecule has 0 aliphatic heterocycles. The molecule has 0 fully saturated rings. The van der Waals surface area contributed by atoms with Gasteiger partial charge in [0.15, 0.2) is 0 Å². The molecule has 0 rings (SSSR count). The molecule has 3 nitrogen and oxygen atoms in total. The van der Waals surface area contributed by atoms with Crippen LogP contribution in [0.1, 0.15) is 0 Å². The molecule has 0 aliphatic rings. The molecule has 0 aromatic rings. The summed E-state index contributed by atoms with van der Waals surface area (Å²) in [7, 11) is 0. The van der Waals surface area contributed by atoms with E-state index < -0.39 is 0 Å². The van der Waals surface area contributed by atoms with Gasteiger partial charge in [0.2, 0.25) is 0 Å². The molecule has 0 saturated carbocycles. The molecule has 0 aromatic heterocycles. The van der Waals surface area contributed by atoms with Crippen LogP contribution in [0.4, 0.5) is 0 Å². The molecule has 0 amide bonds. The van der Waals surface area contributed by atoms with Gasteiger partial charge in [-0.3, -0.25) is 0 Å². The first-order chi connectivity index (χ1) is 0. The zero-order valence-electron chi connectivity index (χ0n) is 1.50. The normalized spacial score (nSPS) is 0. The summed E-state index contributed by atoms with van der Waals surface area (Å²) in [6.45, 7) is 0. The van der Waals surface area contributed by atoms with Gasteiger partial charge in [0, 0.05) is 0 Å². The van der Waals surface area contributed by atoms with Gasteiger partial charge in [-0.25, -0.2) is 0 Å². The molecule has 0 atom stereocenters. The van der Waals surface area contributed by atoms with Crippen molar-refractivity contribution in [3.8, 4) is 0 Å². The van der Waals surface area contributed by atoms with E-state index >= 15 is 0 Å². The van der Waals surface area contributed by atoms with Gasteiger partial charge in [0.05, 0.1) is 0 Å². The molecule has 0 bridgehead atoms. The Labute approximate surface area is 113 Å². The molecule has 30 valence electrons. The predicted octanol–water partition coefficient (Wildman–Crippen LogP) is -4.42. The Balaban J connectivity index is 0. The molecular weight excluding hydrogens is 117 g/mol. The molecule has 0 aliphatic carbocycles. The van der Waals surface area contributed by atoms with Crippen molar-refractivity contribution in [2.45, 2.75) is 0 Å². The summed E-state index contributed by atoms with van der Waals surface area (Å²) < 4.78 is 0. The van der Waals surface area contributed by atoms with E-state index in [1.165, 1.54) is 0 Å². The Bertz CT molecular complexity index is 10.8. The summed E-state index contributed by atoms with van der Waals surface area (Å²) in [5.74, 6) is 0. The van der Waals surface area contributed by atoms with E-state index in [1.54, 1.807) is 0 Å². The molecule has 6 N–H and O–H groups in total. The van der Waals surface area contributed by atoms with Crippen LogP contribution in [-0.4, -0.2) is 116 Å². The maximum absolute atomic E-state index is 0. The molecule has 6 heavy (non-hydrogen) atoms. The van der Waals surface area contributed by atoms with Gasteiger partial charge in [-0.15, -0.1) is 0 Å². The van der Waals surface area contributed by atoms with Crippen molar-refractivity contribution in [1.82, 2.24) is 0 Å². The van der Waals surface area contributed by atoms with Crippen LogP contribution in [0.15, 0.2) is 0 Å². The van der Waals surface area contributed by atoms with Crippen molar-refractivity contribution in [1.29, 1.82) is 0 Å². The molecule has 0 aromatic carbocycles. The van der Waals surface area contributed by atoms with Crippen LogP contribution in [0.5, 0.6) is 0 Å². The second-order valence-electron chi connectivity index (χ2n) is 0. The van der Waals surface area contributed by atoms with Crippen LogP contribution in [0.3, 0.4) is 0 Å². The summed E-state index contributed by atoms with van der Waals surface area (Å²) in [6, 6.07) is 0. The minimum absolute atomic E-state index is 0. The maximum atomic E-state index is 0. The van der Waals surface area contributed by atoms with Crippen molar-refractivity contribution in [2.75, 3.05) is 0 Å². The summed E-state index contributed by atoms with van der Waals surface area (Å²) >= 11 is 0. The third-order valence-corrected chi connectivity index (χ3v) is 0. The molecule has 0 heterocycles. The average molecular weight is 126 g/mol. The van der Waals surface area contributed by atoms with Crippen LogP contribution in [0.25, 0.3) is 0 Å². The van der Waals surface area contributed by atoms with Crippen molar-refractivity contribution < 1.29 is 16.4 Å². The van der Waals surface area contributed by atoms with Gasteiger partial charge in [-0.05, 0) is 0 Å². The van der Waals surface area contributed by atoms with Gasteiger partial charge < -0.3 is 16.4 Å². The minimum atomic E-state index is 0. The Morgan fingerprint density at radius 1 is 0.667 bits per heavy atom. The zero-order valence-corrected chi connectivity index (χ0v) is 1.50. The Morgan fingerprint density at radius 2 is 0.667 bits per heavy atom. The number of hydrogen-bond donors (Lipinski definition) is 0. The molecule has 0 saturated heterocycles. The van der Waals surface area contributed by atoms with Crippen LogP contribution >= 0.6 is 0 Å². The Morgan fingerprint density at radius 3 is 0.667 bits per heavy atom. The first kappa shape index (κ1) is 61.9. The monoisotopic (exact) mass is 126 g/mol. The predicted molar refractivity (Wildman–Crippen MR) is 32.3 cm³/mol. The fraction of sp³-hybridized carbons (Fsp3) is 0. The summed E-state index contributed by atoms with van der Waals surface area (Å²) in [5, 5.41) is 0. The summed E-state index contributed by atoms with van der Waals surface area (Å²) in [4.78, 5) is 0. The average Bonchev–Trinajstić information content (AvgIpc) is 0. The number of hydrogen-bond acceptors (Lipinski definition) is 0. The standard InChI is InChI=1S/K.Li.Na.3H2O.3H/h;;;3*1H2;;;. The van der Waals surface area contributed by atoms with Crippen molar-refractivity contribution in [3.05, 3.63) is 0 Å². The van der Waals surface area contributed by atoms with Crippen molar-refractivity contribution >= 4 is 99.8 Å². The quantitative estimate of drug-likeness (QED) is 0.293. The fourth-order valence-corrected chi connectivity index (χ4v) is 0. The first-order valence-corrected chi connectivity index (χ1v) is 0. The van der Waals surface area contributed by atoms with E-state index in [-0.39, 0.29) is 116 Å². The second kappa shape index (κ2) is 42.3. The van der Waals surface area contributed by atoms with E-state index in [1.807, 2.05) is 0 Å². The fourth-order valence-electron chi connectivity index (χ4n) is 0. The van der Waals surface area contributed by atoms with Gasteiger partial charge in [-0.2, -0.15) is 0 Å². The third-order valence-electron chi connectivity index (χ3n) is 0. The molecule has 6 heteroatoms. The van der Waals surface area contributed by atoms with Crippen LogP contribution in [0.2, 0.25) is 0 Å². The van der Waals surface area contributed by atoms with Gasteiger partial charge in [0.25, 0.3) is 0 Å². The van der Waals surface area contributed by atoms with E-state index in [0.717, 1.165) is 0 Å². The molecular formula is H9KLiNaO3. The van der Waals surface area contributed by atoms with E-state index in [0.29, 0.717) is 0 Å². The van der Waals surface area contributed by atoms with Crippen LogP contribution in [-0.2, 0) is 0 Å². The van der Waals surface area contributed by atoms with Crippen molar-refractivity contribution in [3.63, 3.8) is 0 Å². The van der Waals surface area contributed by atoms with Gasteiger partial charge in [-0.1, -0.05) is 0 Å². The molecule has 0 spiro atoms. The van der Waals surface area contributed by atoms with Gasteiger partial charge in [0.1, 0.15) is 0 Å². The third kappa shape index (κ3) is 27.4. The summed E-state index contributed by atoms with van der Waals surface area (Å²) in [5.41, 5.74) is 0. The van der Waals surface area contributed by atoms with E-state index in [9.17, 15) is 0 Å². The SMILES string of the molecule is O.O.O.[KH].[LiH].[NaH]. The molecule has 0 unspecified atom stereocenters. The number of rotatable bonds is 0. The van der Waals surface area contributed by atoms with Crippen LogP contribution < -0.4 is 0 Å². The summed E-state index contributed by atoms with van der Waals surface area (Å²) in [6.07, 6.45) is 0. The topological polar surface area (TPSA) is 94.5 Å². The first-order valence-electron chi connectivity index (χ1n) is 0. The van der Waals surface area contributed by atoms with Crippen molar-refractivity contribution in [2.24, 2.45) is 0 Å².